The number of hydrogen-bond acceptors (Lipinski definition) is 2. The van der Waals surface area contributed by atoms with Gasteiger partial charge >= 0.3 is 0 Å². The van der Waals surface area contributed by atoms with Crippen molar-refractivity contribution in [3.05, 3.63) is 30.1 Å². The first kappa shape index (κ1) is 14.5. The third kappa shape index (κ3) is 2.81. The second-order valence-electron chi connectivity index (χ2n) is 5.56. The van der Waals surface area contributed by atoms with Crippen LogP contribution in [0.4, 0.5) is 10.1 Å². The number of carbonyl (C=O) groups excluding carboxylic acids is 2. The minimum absolute atomic E-state index is 0.0970. The van der Waals surface area contributed by atoms with Gasteiger partial charge in [0.25, 0.3) is 0 Å². The first-order chi connectivity index (χ1) is 9.43. The first-order valence-electron chi connectivity index (χ1n) is 6.78. The van der Waals surface area contributed by atoms with E-state index in [1.165, 1.54) is 12.1 Å². The lowest BCUT2D eigenvalue weighted by atomic mass is 9.90. The van der Waals surface area contributed by atoms with Crippen molar-refractivity contribution in [2.24, 2.45) is 5.41 Å². The summed E-state index contributed by atoms with van der Waals surface area (Å²) in [7, 11) is 0. The summed E-state index contributed by atoms with van der Waals surface area (Å²) >= 11 is 0. The highest BCUT2D eigenvalue weighted by Gasteiger charge is 2.40. The average molecular weight is 278 g/mol. The van der Waals surface area contributed by atoms with Crippen LogP contribution in [0.15, 0.2) is 24.3 Å². The Balaban J connectivity index is 2.10. The predicted molar refractivity (Wildman–Crippen MR) is 74.6 cm³/mol. The van der Waals surface area contributed by atoms with Crippen molar-refractivity contribution in [3.8, 4) is 0 Å². The number of nitrogens with one attached hydrogen (secondary N) is 1. The molecule has 108 valence electrons. The quantitative estimate of drug-likeness (QED) is 0.863. The van der Waals surface area contributed by atoms with E-state index in [4.69, 9.17) is 0 Å². The van der Waals surface area contributed by atoms with Gasteiger partial charge in [-0.15, -0.1) is 0 Å². The van der Waals surface area contributed by atoms with Crippen LogP contribution in [0.5, 0.6) is 0 Å². The molecule has 0 aromatic heterocycles. The fraction of sp³-hybridized carbons (Fsp3) is 0.467. The Labute approximate surface area is 118 Å². The van der Waals surface area contributed by atoms with E-state index in [1.54, 1.807) is 30.9 Å². The second-order valence-corrected chi connectivity index (χ2v) is 5.56. The number of para-hydroxylation sites is 1. The number of benzene rings is 1. The highest BCUT2D eigenvalue weighted by atomic mass is 19.1. The molecule has 2 amide bonds. The number of nitrogens with zero attached hydrogens (tertiary/aromatic N) is 1. The molecule has 0 spiro atoms. The van der Waals surface area contributed by atoms with Crippen molar-refractivity contribution in [2.75, 3.05) is 18.4 Å². The highest BCUT2D eigenvalue weighted by Crippen LogP contribution is 2.25. The van der Waals surface area contributed by atoms with Gasteiger partial charge in [-0.1, -0.05) is 12.1 Å². The number of amides is 2. The van der Waals surface area contributed by atoms with Gasteiger partial charge in [-0.2, -0.15) is 0 Å². The number of halogens is 1. The van der Waals surface area contributed by atoms with E-state index >= 15 is 0 Å². The van der Waals surface area contributed by atoms with E-state index in [0.717, 1.165) is 12.8 Å². The molecule has 0 saturated carbocycles. The van der Waals surface area contributed by atoms with Crippen LogP contribution in [-0.2, 0) is 9.59 Å². The van der Waals surface area contributed by atoms with E-state index in [2.05, 4.69) is 5.32 Å². The number of carbonyl (C=O) groups is 2. The molecular formula is C15H19FN2O2. The Morgan fingerprint density at radius 1 is 1.20 bits per heavy atom. The van der Waals surface area contributed by atoms with Crippen LogP contribution in [0.3, 0.4) is 0 Å². The molecule has 1 fully saturated rings. The summed E-state index contributed by atoms with van der Waals surface area (Å²) in [5.41, 5.74) is -1.10. The van der Waals surface area contributed by atoms with Gasteiger partial charge in [0.1, 0.15) is 11.2 Å². The molecule has 1 aliphatic heterocycles. The topological polar surface area (TPSA) is 49.4 Å². The van der Waals surface area contributed by atoms with Crippen molar-refractivity contribution in [2.45, 2.75) is 26.7 Å². The van der Waals surface area contributed by atoms with Gasteiger partial charge in [0, 0.05) is 13.1 Å². The monoisotopic (exact) mass is 278 g/mol. The fourth-order valence-electron chi connectivity index (χ4n) is 2.25. The van der Waals surface area contributed by atoms with Gasteiger partial charge in [-0.05, 0) is 38.8 Å². The summed E-state index contributed by atoms with van der Waals surface area (Å²) in [5.74, 6) is -1.20. The molecule has 1 N–H and O–H groups in total. The van der Waals surface area contributed by atoms with Crippen LogP contribution < -0.4 is 5.32 Å². The van der Waals surface area contributed by atoms with Crippen LogP contribution in [-0.4, -0.2) is 29.8 Å². The summed E-state index contributed by atoms with van der Waals surface area (Å²) in [6, 6.07) is 5.92. The Kier molecular flexibility index (Phi) is 4.06. The van der Waals surface area contributed by atoms with Gasteiger partial charge in [0.05, 0.1) is 5.69 Å². The molecule has 1 aromatic carbocycles. The van der Waals surface area contributed by atoms with Crippen molar-refractivity contribution >= 4 is 17.5 Å². The second kappa shape index (κ2) is 5.61. The van der Waals surface area contributed by atoms with E-state index in [9.17, 15) is 14.0 Å². The van der Waals surface area contributed by atoms with Crippen LogP contribution in [0.25, 0.3) is 0 Å². The SMILES string of the molecule is CC(C)(C(=O)Nc1ccccc1F)C(=O)N1CCCC1. The summed E-state index contributed by atoms with van der Waals surface area (Å²) < 4.78 is 13.5. The molecule has 5 heteroatoms. The van der Waals surface area contributed by atoms with Crippen molar-refractivity contribution in [3.63, 3.8) is 0 Å². The van der Waals surface area contributed by atoms with E-state index in [1.807, 2.05) is 0 Å². The Morgan fingerprint density at radius 3 is 2.40 bits per heavy atom. The lowest BCUT2D eigenvalue weighted by Gasteiger charge is -2.28. The van der Waals surface area contributed by atoms with Crippen molar-refractivity contribution in [1.82, 2.24) is 4.90 Å². The van der Waals surface area contributed by atoms with Crippen molar-refractivity contribution < 1.29 is 14.0 Å². The lowest BCUT2D eigenvalue weighted by Crippen LogP contribution is -2.46. The van der Waals surface area contributed by atoms with Gasteiger partial charge < -0.3 is 10.2 Å². The molecule has 0 atom stereocenters. The summed E-state index contributed by atoms with van der Waals surface area (Å²) in [6.45, 7) is 4.53. The number of hydrogen-bond donors (Lipinski definition) is 1. The zero-order valence-corrected chi connectivity index (χ0v) is 11.8. The average Bonchev–Trinajstić information content (AvgIpc) is 2.94. The minimum atomic E-state index is -1.20. The summed E-state index contributed by atoms with van der Waals surface area (Å²) in [4.78, 5) is 26.3. The molecule has 1 heterocycles. The molecule has 1 aromatic rings. The molecule has 1 aliphatic rings. The van der Waals surface area contributed by atoms with Gasteiger partial charge in [0.2, 0.25) is 11.8 Å². The zero-order valence-electron chi connectivity index (χ0n) is 11.8. The molecule has 1 saturated heterocycles. The van der Waals surface area contributed by atoms with Crippen LogP contribution in [0.1, 0.15) is 26.7 Å². The number of likely N-dealkylation sites (tertiary alicyclic amines) is 1. The molecule has 0 radical (unpaired) electrons. The maximum absolute atomic E-state index is 13.5. The summed E-state index contributed by atoms with van der Waals surface area (Å²) in [5, 5.41) is 2.49. The van der Waals surface area contributed by atoms with Crippen LogP contribution in [0.2, 0.25) is 0 Å². The Hall–Kier alpha value is -1.91. The van der Waals surface area contributed by atoms with Gasteiger partial charge in [-0.25, -0.2) is 4.39 Å². The molecule has 0 unspecified atom stereocenters. The van der Waals surface area contributed by atoms with Crippen LogP contribution in [0, 0.1) is 11.2 Å². The number of rotatable bonds is 3. The Morgan fingerprint density at radius 2 is 1.80 bits per heavy atom. The van der Waals surface area contributed by atoms with E-state index in [0.29, 0.717) is 13.1 Å². The van der Waals surface area contributed by atoms with Crippen molar-refractivity contribution in [1.29, 1.82) is 0 Å². The third-order valence-corrected chi connectivity index (χ3v) is 3.62. The lowest BCUT2D eigenvalue weighted by molar-refractivity contribution is -0.145. The minimum Gasteiger partial charge on any atom is -0.342 e. The molecule has 0 bridgehead atoms. The molecule has 2 rings (SSSR count). The standard InChI is InChI=1S/C15H19FN2O2/c1-15(2,14(20)18-9-5-6-10-18)13(19)17-12-8-4-3-7-11(12)16/h3-4,7-8H,5-6,9-10H2,1-2H3,(H,17,19). The normalized spacial score (nSPS) is 15.2. The van der Waals surface area contributed by atoms with Gasteiger partial charge in [0.15, 0.2) is 0 Å². The van der Waals surface area contributed by atoms with E-state index < -0.39 is 17.1 Å². The summed E-state index contributed by atoms with van der Waals surface area (Å²) in [6.07, 6.45) is 1.94. The largest absolute Gasteiger partial charge is 0.342 e. The van der Waals surface area contributed by atoms with Gasteiger partial charge in [-0.3, -0.25) is 9.59 Å². The zero-order chi connectivity index (χ0) is 14.8. The predicted octanol–water partition coefficient (Wildman–Crippen LogP) is 2.41. The van der Waals surface area contributed by atoms with E-state index in [-0.39, 0.29) is 11.6 Å². The third-order valence-electron chi connectivity index (χ3n) is 3.62. The molecule has 20 heavy (non-hydrogen) atoms. The molecule has 4 nitrogen and oxygen atoms in total. The Bertz CT molecular complexity index is 522. The maximum atomic E-state index is 13.5. The first-order valence-corrected chi connectivity index (χ1v) is 6.78. The molecule has 0 aliphatic carbocycles. The molecular weight excluding hydrogens is 259 g/mol. The number of anilines is 1. The van der Waals surface area contributed by atoms with Crippen LogP contribution >= 0.6 is 0 Å². The highest BCUT2D eigenvalue weighted by molar-refractivity contribution is 6.09. The fourth-order valence-corrected chi connectivity index (χ4v) is 2.25. The smallest absolute Gasteiger partial charge is 0.239 e. The maximum Gasteiger partial charge on any atom is 0.239 e.